The molecular weight excluding hydrogens is 268 g/mol. The van der Waals surface area contributed by atoms with Crippen LogP contribution >= 0.6 is 0 Å². The lowest BCUT2D eigenvalue weighted by molar-refractivity contribution is 0.520. The number of H-pyrrole nitrogens is 1. The molecule has 0 saturated heterocycles. The van der Waals surface area contributed by atoms with Crippen molar-refractivity contribution in [1.29, 1.82) is 0 Å². The van der Waals surface area contributed by atoms with Crippen LogP contribution in [0.2, 0.25) is 0 Å². The molecule has 1 unspecified atom stereocenters. The van der Waals surface area contributed by atoms with Crippen LogP contribution in [0, 0.1) is 0 Å². The maximum atomic E-state index is 12.0. The van der Waals surface area contributed by atoms with Gasteiger partial charge in [0.2, 0.25) is 15.5 Å². The van der Waals surface area contributed by atoms with E-state index in [1.807, 2.05) is 0 Å². The van der Waals surface area contributed by atoms with E-state index in [9.17, 15) is 13.2 Å². The van der Waals surface area contributed by atoms with Crippen molar-refractivity contribution in [3.63, 3.8) is 0 Å². The lowest BCUT2D eigenvalue weighted by Crippen LogP contribution is -2.37. The minimum Gasteiger partial charge on any atom is -0.366 e. The van der Waals surface area contributed by atoms with E-state index in [2.05, 4.69) is 14.7 Å². The molecule has 2 rings (SSSR count). The van der Waals surface area contributed by atoms with Crippen LogP contribution in [0.25, 0.3) is 0 Å². The fraction of sp³-hybridized carbons (Fsp3) is 0.273. The van der Waals surface area contributed by atoms with E-state index >= 15 is 0 Å². The van der Waals surface area contributed by atoms with Crippen molar-refractivity contribution in [1.82, 2.24) is 19.3 Å². The van der Waals surface area contributed by atoms with Gasteiger partial charge in [0, 0.05) is 43.4 Å². The van der Waals surface area contributed by atoms with Crippen molar-refractivity contribution in [3.8, 4) is 0 Å². The zero-order valence-electron chi connectivity index (χ0n) is 10.3. The van der Waals surface area contributed by atoms with Crippen LogP contribution in [-0.4, -0.2) is 29.0 Å². The van der Waals surface area contributed by atoms with E-state index < -0.39 is 15.5 Å². The predicted molar refractivity (Wildman–Crippen MR) is 69.1 cm³/mol. The molecule has 0 amide bonds. The number of aromatic amines is 1. The lowest BCUT2D eigenvalue weighted by atomic mass is 10.4. The maximum absolute atomic E-state index is 12.0. The van der Waals surface area contributed by atoms with Crippen molar-refractivity contribution in [3.05, 3.63) is 47.4 Å². The van der Waals surface area contributed by atoms with E-state index in [4.69, 9.17) is 0 Å². The number of hydrogen-bond acceptors (Lipinski definition) is 4. The molecule has 0 radical (unpaired) electrons. The third kappa shape index (κ3) is 3.30. The van der Waals surface area contributed by atoms with Gasteiger partial charge < -0.3 is 9.55 Å². The van der Waals surface area contributed by atoms with Gasteiger partial charge in [0.25, 0.3) is 0 Å². The van der Waals surface area contributed by atoms with Gasteiger partial charge in [-0.15, -0.1) is 0 Å². The first-order chi connectivity index (χ1) is 8.99. The number of nitrogens with one attached hydrogen (secondary N) is 2. The van der Waals surface area contributed by atoms with Crippen molar-refractivity contribution in [2.45, 2.75) is 24.4 Å². The molecule has 8 heteroatoms. The Bertz CT molecular complexity index is 691. The van der Waals surface area contributed by atoms with Crippen LogP contribution in [0.5, 0.6) is 0 Å². The Balaban J connectivity index is 2.14. The molecule has 102 valence electrons. The SMILES string of the molecule is CC(Cn1ccnc1)NS(=O)(=O)c1c[nH]ccc1=O. The molecule has 0 fully saturated rings. The number of imidazole rings is 1. The molecule has 0 aromatic carbocycles. The first kappa shape index (κ1) is 13.5. The maximum Gasteiger partial charge on any atom is 0.246 e. The molecule has 2 aromatic heterocycles. The van der Waals surface area contributed by atoms with Crippen LogP contribution in [0.3, 0.4) is 0 Å². The predicted octanol–water partition coefficient (Wildman–Crippen LogP) is -0.0616. The molecule has 2 N–H and O–H groups in total. The summed E-state index contributed by atoms with van der Waals surface area (Å²) in [6.07, 6.45) is 7.51. The molecule has 0 aliphatic carbocycles. The van der Waals surface area contributed by atoms with E-state index in [0.717, 1.165) is 0 Å². The lowest BCUT2D eigenvalue weighted by Gasteiger charge is -2.14. The van der Waals surface area contributed by atoms with Gasteiger partial charge in [-0.3, -0.25) is 4.79 Å². The average Bonchev–Trinajstić information content (AvgIpc) is 2.81. The van der Waals surface area contributed by atoms with Gasteiger partial charge in [-0.25, -0.2) is 18.1 Å². The number of nitrogens with zero attached hydrogens (tertiary/aromatic N) is 2. The Morgan fingerprint density at radius 1 is 1.53 bits per heavy atom. The van der Waals surface area contributed by atoms with Gasteiger partial charge in [0.05, 0.1) is 6.33 Å². The van der Waals surface area contributed by atoms with Gasteiger partial charge in [-0.1, -0.05) is 0 Å². The Hall–Kier alpha value is -1.93. The van der Waals surface area contributed by atoms with Crippen LogP contribution in [-0.2, 0) is 16.6 Å². The van der Waals surface area contributed by atoms with E-state index in [1.54, 1.807) is 30.2 Å². The minimum atomic E-state index is -3.82. The Morgan fingerprint density at radius 3 is 2.95 bits per heavy atom. The van der Waals surface area contributed by atoms with Gasteiger partial charge >= 0.3 is 0 Å². The second kappa shape index (κ2) is 5.37. The highest BCUT2D eigenvalue weighted by atomic mass is 32.2. The number of aromatic nitrogens is 3. The molecule has 1 atom stereocenters. The van der Waals surface area contributed by atoms with Crippen molar-refractivity contribution in [2.24, 2.45) is 0 Å². The molecule has 0 saturated carbocycles. The summed E-state index contributed by atoms with van der Waals surface area (Å²) in [7, 11) is -3.82. The molecule has 0 spiro atoms. The quantitative estimate of drug-likeness (QED) is 0.802. The van der Waals surface area contributed by atoms with Gasteiger partial charge in [0.1, 0.15) is 4.90 Å². The minimum absolute atomic E-state index is 0.285. The third-order valence-electron chi connectivity index (χ3n) is 2.48. The summed E-state index contributed by atoms with van der Waals surface area (Å²) < 4.78 is 28.3. The fourth-order valence-corrected chi connectivity index (χ4v) is 2.97. The second-order valence-corrected chi connectivity index (χ2v) is 5.84. The standard InChI is InChI=1S/C11H14N4O3S/c1-9(7-15-5-4-13-8-15)14-19(17,18)11-6-12-3-2-10(11)16/h2-6,8-9,14H,7H2,1H3,(H,12,16). The summed E-state index contributed by atoms with van der Waals surface area (Å²) in [5.74, 6) is 0. The largest absolute Gasteiger partial charge is 0.366 e. The summed E-state index contributed by atoms with van der Waals surface area (Å²) in [6.45, 7) is 2.15. The number of hydrogen-bond donors (Lipinski definition) is 2. The molecular formula is C11H14N4O3S. The molecule has 2 aromatic rings. The van der Waals surface area contributed by atoms with Crippen LogP contribution in [0.4, 0.5) is 0 Å². The normalized spacial score (nSPS) is 13.3. The Kier molecular flexibility index (Phi) is 3.82. The zero-order valence-corrected chi connectivity index (χ0v) is 11.1. The number of rotatable bonds is 5. The molecule has 0 aliphatic rings. The molecule has 7 nitrogen and oxygen atoms in total. The summed E-state index contributed by atoms with van der Waals surface area (Å²) in [6, 6.07) is 0.813. The highest BCUT2D eigenvalue weighted by molar-refractivity contribution is 7.89. The third-order valence-corrected chi connectivity index (χ3v) is 4.09. The summed E-state index contributed by atoms with van der Waals surface area (Å²) >= 11 is 0. The van der Waals surface area contributed by atoms with Gasteiger partial charge in [0.15, 0.2) is 0 Å². The Labute approximate surface area is 110 Å². The average molecular weight is 282 g/mol. The van der Waals surface area contributed by atoms with E-state index in [1.165, 1.54) is 18.5 Å². The highest BCUT2D eigenvalue weighted by Crippen LogP contribution is 2.02. The van der Waals surface area contributed by atoms with Gasteiger partial charge in [-0.05, 0) is 6.92 Å². The number of pyridine rings is 1. The summed E-state index contributed by atoms with van der Waals surface area (Å²) in [4.78, 5) is 17.7. The topological polar surface area (TPSA) is 96.8 Å². The van der Waals surface area contributed by atoms with Crippen LogP contribution in [0.1, 0.15) is 6.92 Å². The molecule has 0 bridgehead atoms. The fourth-order valence-electron chi connectivity index (χ4n) is 1.69. The summed E-state index contributed by atoms with van der Waals surface area (Å²) in [5.41, 5.74) is -0.541. The van der Waals surface area contributed by atoms with Crippen molar-refractivity contribution in [2.75, 3.05) is 0 Å². The van der Waals surface area contributed by atoms with Crippen molar-refractivity contribution >= 4 is 10.0 Å². The zero-order chi connectivity index (χ0) is 13.9. The molecule has 0 aliphatic heterocycles. The number of sulfonamides is 1. The highest BCUT2D eigenvalue weighted by Gasteiger charge is 2.20. The monoisotopic (exact) mass is 282 g/mol. The Morgan fingerprint density at radius 2 is 2.32 bits per heavy atom. The molecule has 2 heterocycles. The second-order valence-electron chi connectivity index (χ2n) is 4.15. The van der Waals surface area contributed by atoms with E-state index in [-0.39, 0.29) is 10.9 Å². The first-order valence-electron chi connectivity index (χ1n) is 5.64. The smallest absolute Gasteiger partial charge is 0.246 e. The van der Waals surface area contributed by atoms with Gasteiger partial charge in [-0.2, -0.15) is 0 Å². The summed E-state index contributed by atoms with van der Waals surface area (Å²) in [5, 5.41) is 0. The first-order valence-corrected chi connectivity index (χ1v) is 7.12. The molecule has 19 heavy (non-hydrogen) atoms. The van der Waals surface area contributed by atoms with Crippen molar-refractivity contribution < 1.29 is 8.42 Å². The van der Waals surface area contributed by atoms with Crippen LogP contribution in [0.15, 0.2) is 46.9 Å². The van der Waals surface area contributed by atoms with E-state index in [0.29, 0.717) is 6.54 Å². The van der Waals surface area contributed by atoms with Crippen LogP contribution < -0.4 is 10.2 Å².